The van der Waals surface area contributed by atoms with Crippen LogP contribution in [0.1, 0.15) is 58.4 Å². The lowest BCUT2D eigenvalue weighted by Gasteiger charge is -2.24. The van der Waals surface area contributed by atoms with E-state index in [2.05, 4.69) is 5.32 Å². The maximum absolute atomic E-state index is 13.1. The first-order valence-corrected chi connectivity index (χ1v) is 11.0. The third-order valence-corrected chi connectivity index (χ3v) is 6.01. The Bertz CT molecular complexity index is 1170. The van der Waals surface area contributed by atoms with Crippen molar-refractivity contribution in [2.24, 2.45) is 5.73 Å². The number of nitrogens with two attached hydrogens (primary N) is 1. The number of hydrogen-bond donors (Lipinski definition) is 6. The second kappa shape index (κ2) is 10.6. The van der Waals surface area contributed by atoms with Crippen molar-refractivity contribution in [2.75, 3.05) is 0 Å². The molecule has 0 spiro atoms. The molecule has 2 amide bonds. The van der Waals surface area contributed by atoms with Crippen LogP contribution in [0.2, 0.25) is 5.02 Å². The van der Waals surface area contributed by atoms with Crippen molar-refractivity contribution in [2.45, 2.75) is 50.9 Å². The lowest BCUT2D eigenvalue weighted by Crippen LogP contribution is -2.49. The fourth-order valence-corrected chi connectivity index (χ4v) is 4.03. The number of benzene rings is 1. The second-order valence-corrected chi connectivity index (χ2v) is 8.41. The maximum Gasteiger partial charge on any atom is 0.341 e. The van der Waals surface area contributed by atoms with Gasteiger partial charge in [0.05, 0.1) is 6.54 Å². The van der Waals surface area contributed by atoms with Crippen molar-refractivity contribution < 1.29 is 29.7 Å². The van der Waals surface area contributed by atoms with Gasteiger partial charge in [0.1, 0.15) is 11.1 Å². The molecule has 0 aliphatic heterocycles. The molecule has 1 aromatic heterocycles. The van der Waals surface area contributed by atoms with Gasteiger partial charge in [0.15, 0.2) is 11.9 Å². The fourth-order valence-electron chi connectivity index (χ4n) is 3.84. The minimum Gasteiger partial charge on any atom is -0.506 e. The molecule has 12 heteroatoms. The summed E-state index contributed by atoms with van der Waals surface area (Å²) in [5, 5.41) is 35.3. The van der Waals surface area contributed by atoms with E-state index in [0.29, 0.717) is 23.0 Å². The van der Waals surface area contributed by atoms with Gasteiger partial charge < -0.3 is 31.7 Å². The predicted octanol–water partition coefficient (Wildman–Crippen LogP) is 1.12. The quantitative estimate of drug-likeness (QED) is 0.310. The summed E-state index contributed by atoms with van der Waals surface area (Å²) in [5.41, 5.74) is 2.92. The highest BCUT2D eigenvalue weighted by Crippen LogP contribution is 2.30. The summed E-state index contributed by atoms with van der Waals surface area (Å²) in [6.45, 7) is -0.334. The van der Waals surface area contributed by atoms with Crippen molar-refractivity contribution in [3.05, 3.63) is 56.3 Å². The third kappa shape index (κ3) is 5.32. The van der Waals surface area contributed by atoms with E-state index in [0.717, 1.165) is 19.3 Å². The highest BCUT2D eigenvalue weighted by Gasteiger charge is 2.32. The third-order valence-electron chi connectivity index (χ3n) is 5.65. The zero-order valence-corrected chi connectivity index (χ0v) is 18.8. The topological polar surface area (TPSA) is 184 Å². The summed E-state index contributed by atoms with van der Waals surface area (Å²) in [5.74, 6) is -5.74. The Balaban J connectivity index is 2.12. The molecule has 34 heavy (non-hydrogen) atoms. The molecule has 11 nitrogen and oxygen atoms in total. The molecular formula is C22H25ClN4O7. The van der Waals surface area contributed by atoms with E-state index >= 15 is 0 Å². The molecule has 3 rings (SSSR count). The highest BCUT2D eigenvalue weighted by molar-refractivity contribution is 6.31. The standard InChI is InChI=1S/C22H25ClN4O7/c23-13-9-5-4-6-11(13)10-27-20(31)14(18(29)25-12-7-2-1-3-8-12)16(28)15(21(27)32)19(30)26-17(24)22(33)34/h4-6,9,12,17,28,31H,1-3,7-8,10,24H2,(H,25,29)(H,26,30)(H,33,34). The number of amides is 2. The van der Waals surface area contributed by atoms with Crippen LogP contribution in [-0.2, 0) is 11.3 Å². The van der Waals surface area contributed by atoms with Crippen molar-refractivity contribution >= 4 is 29.4 Å². The molecule has 1 aliphatic rings. The molecule has 1 aliphatic carbocycles. The number of aromatic nitrogens is 1. The molecule has 7 N–H and O–H groups in total. The predicted molar refractivity (Wildman–Crippen MR) is 122 cm³/mol. The zero-order chi connectivity index (χ0) is 25.0. The molecule has 1 saturated carbocycles. The molecule has 1 unspecified atom stereocenters. The Labute approximate surface area is 199 Å². The number of carbonyl (C=O) groups is 3. The fraction of sp³-hybridized carbons (Fsp3) is 0.364. The number of rotatable bonds is 7. The van der Waals surface area contributed by atoms with Gasteiger partial charge in [-0.25, -0.2) is 4.79 Å². The van der Waals surface area contributed by atoms with Gasteiger partial charge >= 0.3 is 5.97 Å². The number of halogens is 1. The Morgan fingerprint density at radius 2 is 1.74 bits per heavy atom. The summed E-state index contributed by atoms with van der Waals surface area (Å²) >= 11 is 6.16. The highest BCUT2D eigenvalue weighted by atomic mass is 35.5. The second-order valence-electron chi connectivity index (χ2n) is 8.00. The van der Waals surface area contributed by atoms with Gasteiger partial charge in [-0.05, 0) is 24.5 Å². The first-order valence-electron chi connectivity index (χ1n) is 10.6. The monoisotopic (exact) mass is 492 g/mol. The van der Waals surface area contributed by atoms with Crippen molar-refractivity contribution in [3.8, 4) is 11.6 Å². The maximum atomic E-state index is 13.1. The van der Waals surface area contributed by atoms with Gasteiger partial charge in [-0.1, -0.05) is 49.1 Å². The molecule has 0 saturated heterocycles. The number of carboxylic acids is 1. The summed E-state index contributed by atoms with van der Waals surface area (Å²) in [6, 6.07) is 6.21. The summed E-state index contributed by atoms with van der Waals surface area (Å²) in [7, 11) is 0. The summed E-state index contributed by atoms with van der Waals surface area (Å²) in [4.78, 5) is 49.8. The zero-order valence-electron chi connectivity index (χ0n) is 18.1. The largest absolute Gasteiger partial charge is 0.506 e. The van der Waals surface area contributed by atoms with Crippen LogP contribution in [0.5, 0.6) is 11.6 Å². The van der Waals surface area contributed by atoms with Crippen LogP contribution in [0, 0.1) is 0 Å². The van der Waals surface area contributed by atoms with Gasteiger partial charge in [0.25, 0.3) is 17.4 Å². The molecular weight excluding hydrogens is 468 g/mol. The molecule has 2 aromatic rings. The van der Waals surface area contributed by atoms with Crippen molar-refractivity contribution in [1.29, 1.82) is 0 Å². The first kappa shape index (κ1) is 25.1. The van der Waals surface area contributed by atoms with Crippen LogP contribution in [-0.4, -0.2) is 49.9 Å². The van der Waals surface area contributed by atoms with Crippen LogP contribution >= 0.6 is 11.6 Å². The Morgan fingerprint density at radius 3 is 2.35 bits per heavy atom. The van der Waals surface area contributed by atoms with Gasteiger partial charge in [0.2, 0.25) is 5.88 Å². The molecule has 0 bridgehead atoms. The van der Waals surface area contributed by atoms with Crippen LogP contribution in [0.3, 0.4) is 0 Å². The van der Waals surface area contributed by atoms with E-state index in [9.17, 15) is 29.4 Å². The molecule has 1 atom stereocenters. The SMILES string of the molecule is NC(NC(=O)c1c(O)c(C(=O)NC2CCCCC2)c(O)n(Cc2ccccc2Cl)c1=O)C(=O)O. The van der Waals surface area contributed by atoms with Crippen LogP contribution < -0.4 is 21.9 Å². The number of aromatic hydroxyl groups is 2. The van der Waals surface area contributed by atoms with Crippen molar-refractivity contribution in [3.63, 3.8) is 0 Å². The smallest absolute Gasteiger partial charge is 0.341 e. The summed E-state index contributed by atoms with van der Waals surface area (Å²) < 4.78 is 0.706. The molecule has 0 radical (unpaired) electrons. The minimum atomic E-state index is -1.88. The van der Waals surface area contributed by atoms with E-state index in [1.54, 1.807) is 24.3 Å². The number of carboxylic acid groups (broad SMARTS) is 1. The molecule has 182 valence electrons. The van der Waals surface area contributed by atoms with E-state index in [1.807, 2.05) is 5.32 Å². The normalized spacial score (nSPS) is 14.9. The van der Waals surface area contributed by atoms with Crippen LogP contribution in [0.15, 0.2) is 29.1 Å². The van der Waals surface area contributed by atoms with Gasteiger partial charge in [-0.3, -0.25) is 19.0 Å². The number of aliphatic carboxylic acids is 1. The molecule has 1 aromatic carbocycles. The molecule has 1 fully saturated rings. The van der Waals surface area contributed by atoms with Crippen LogP contribution in [0.4, 0.5) is 0 Å². The van der Waals surface area contributed by atoms with E-state index < -0.39 is 52.3 Å². The number of pyridine rings is 1. The van der Waals surface area contributed by atoms with E-state index in [-0.39, 0.29) is 17.6 Å². The van der Waals surface area contributed by atoms with E-state index in [4.69, 9.17) is 22.4 Å². The minimum absolute atomic E-state index is 0.207. The number of hydrogen-bond acceptors (Lipinski definition) is 7. The average molecular weight is 493 g/mol. The number of nitrogens with zero attached hydrogens (tertiary/aromatic N) is 1. The first-order chi connectivity index (χ1) is 16.1. The van der Waals surface area contributed by atoms with Gasteiger partial charge in [-0.2, -0.15) is 0 Å². The van der Waals surface area contributed by atoms with Crippen molar-refractivity contribution in [1.82, 2.24) is 15.2 Å². The Morgan fingerprint density at radius 1 is 1.09 bits per heavy atom. The number of nitrogens with one attached hydrogen (secondary N) is 2. The Hall–Kier alpha value is -3.57. The average Bonchev–Trinajstić information content (AvgIpc) is 2.78. The van der Waals surface area contributed by atoms with E-state index in [1.165, 1.54) is 0 Å². The Kier molecular flexibility index (Phi) is 7.79. The van der Waals surface area contributed by atoms with Gasteiger partial charge in [0, 0.05) is 11.1 Å². The van der Waals surface area contributed by atoms with Crippen LogP contribution in [0.25, 0.3) is 0 Å². The number of carbonyl (C=O) groups excluding carboxylic acids is 2. The lowest BCUT2D eigenvalue weighted by molar-refractivity contribution is -0.139. The lowest BCUT2D eigenvalue weighted by atomic mass is 9.95. The van der Waals surface area contributed by atoms with Gasteiger partial charge in [-0.15, -0.1) is 0 Å². The summed E-state index contributed by atoms with van der Waals surface area (Å²) in [6.07, 6.45) is 2.35. The molecule has 1 heterocycles.